The second-order valence-electron chi connectivity index (χ2n) is 12.4. The summed E-state index contributed by atoms with van der Waals surface area (Å²) in [6, 6.07) is 0. The van der Waals surface area contributed by atoms with Gasteiger partial charge in [-0.3, -0.25) is 9.59 Å². The summed E-state index contributed by atoms with van der Waals surface area (Å²) in [5.74, 6) is 3.28. The van der Waals surface area contributed by atoms with Gasteiger partial charge in [-0.1, -0.05) is 41.0 Å². The van der Waals surface area contributed by atoms with Gasteiger partial charge in [0.25, 0.3) is 0 Å². The Morgan fingerprint density at radius 1 is 0.667 bits per heavy atom. The van der Waals surface area contributed by atoms with Gasteiger partial charge < -0.3 is 9.47 Å². The summed E-state index contributed by atoms with van der Waals surface area (Å²) < 4.78 is 11.7. The number of ether oxygens (including phenoxy) is 2. The molecule has 0 amide bonds. The molecule has 33 heavy (non-hydrogen) atoms. The molecule has 3 fully saturated rings. The van der Waals surface area contributed by atoms with Crippen LogP contribution in [0.4, 0.5) is 0 Å². The second kappa shape index (κ2) is 12.6. The van der Waals surface area contributed by atoms with Crippen molar-refractivity contribution >= 4 is 11.9 Å². The summed E-state index contributed by atoms with van der Waals surface area (Å²) in [4.78, 5) is 26.2. The predicted molar refractivity (Wildman–Crippen MR) is 132 cm³/mol. The molecular formula is C29H50O4. The van der Waals surface area contributed by atoms with Crippen LogP contribution < -0.4 is 0 Å². The maximum Gasteiger partial charge on any atom is 0.310 e. The molecule has 0 aromatic rings. The molecule has 0 aromatic carbocycles. The number of carbonyl (C=O) groups is 2. The zero-order chi connectivity index (χ0) is 24.0. The van der Waals surface area contributed by atoms with E-state index in [1.807, 2.05) is 0 Å². The molecule has 3 rings (SSSR count). The lowest BCUT2D eigenvalue weighted by Gasteiger charge is -2.35. The molecule has 3 aliphatic rings. The van der Waals surface area contributed by atoms with E-state index in [9.17, 15) is 9.59 Å². The Hall–Kier alpha value is -1.06. The molecule has 3 unspecified atom stereocenters. The highest BCUT2D eigenvalue weighted by atomic mass is 16.5. The third-order valence-corrected chi connectivity index (χ3v) is 9.39. The Morgan fingerprint density at radius 3 is 1.58 bits per heavy atom. The van der Waals surface area contributed by atoms with E-state index in [0.717, 1.165) is 68.6 Å². The van der Waals surface area contributed by atoms with Crippen LogP contribution in [0.15, 0.2) is 0 Å². The smallest absolute Gasteiger partial charge is 0.310 e. The molecule has 0 spiro atoms. The zero-order valence-corrected chi connectivity index (χ0v) is 22.0. The Kier molecular flexibility index (Phi) is 10.1. The van der Waals surface area contributed by atoms with Crippen molar-refractivity contribution in [1.29, 1.82) is 0 Å². The summed E-state index contributed by atoms with van der Waals surface area (Å²) in [5.41, 5.74) is 0. The van der Waals surface area contributed by atoms with Crippen molar-refractivity contribution < 1.29 is 19.1 Å². The van der Waals surface area contributed by atoms with Gasteiger partial charge in [-0.05, 0) is 106 Å². The highest BCUT2D eigenvalue weighted by Gasteiger charge is 2.42. The van der Waals surface area contributed by atoms with E-state index in [1.54, 1.807) is 0 Å². The Bertz CT molecular complexity index is 611. The third-order valence-electron chi connectivity index (χ3n) is 9.39. The lowest BCUT2D eigenvalue weighted by molar-refractivity contribution is -0.167. The minimum Gasteiger partial charge on any atom is -0.465 e. The minimum atomic E-state index is -0.338. The van der Waals surface area contributed by atoms with E-state index < -0.39 is 0 Å². The van der Waals surface area contributed by atoms with Crippen LogP contribution in [-0.4, -0.2) is 25.2 Å². The van der Waals surface area contributed by atoms with Crippen LogP contribution in [0.5, 0.6) is 0 Å². The number of hydrogen-bond acceptors (Lipinski definition) is 4. The fourth-order valence-corrected chi connectivity index (χ4v) is 6.72. The predicted octanol–water partition coefficient (Wildman–Crippen LogP) is 7.05. The average Bonchev–Trinajstić information content (AvgIpc) is 2.81. The van der Waals surface area contributed by atoms with Gasteiger partial charge in [0.15, 0.2) is 0 Å². The van der Waals surface area contributed by atoms with E-state index in [1.165, 1.54) is 25.7 Å². The first-order chi connectivity index (χ1) is 15.8. The highest BCUT2D eigenvalue weighted by molar-refractivity contribution is 5.82. The fourth-order valence-electron chi connectivity index (χ4n) is 6.72. The van der Waals surface area contributed by atoms with E-state index in [-0.39, 0.29) is 29.7 Å². The quantitative estimate of drug-likeness (QED) is 0.363. The van der Waals surface area contributed by atoms with E-state index >= 15 is 0 Å². The first kappa shape index (κ1) is 26.5. The van der Waals surface area contributed by atoms with Gasteiger partial charge >= 0.3 is 11.9 Å². The van der Waals surface area contributed by atoms with Gasteiger partial charge in [-0.25, -0.2) is 0 Å². The molecule has 0 aromatic heterocycles. The summed E-state index contributed by atoms with van der Waals surface area (Å²) in [7, 11) is 0. The highest BCUT2D eigenvalue weighted by Crippen LogP contribution is 2.38. The molecule has 0 saturated heterocycles. The Morgan fingerprint density at radius 2 is 1.12 bits per heavy atom. The molecule has 0 bridgehead atoms. The molecule has 0 heterocycles. The molecule has 4 nitrogen and oxygen atoms in total. The van der Waals surface area contributed by atoms with Crippen LogP contribution in [0.3, 0.4) is 0 Å². The number of carbonyl (C=O) groups excluding carboxylic acids is 2. The van der Waals surface area contributed by atoms with Gasteiger partial charge in [0.2, 0.25) is 0 Å². The van der Waals surface area contributed by atoms with Crippen LogP contribution >= 0.6 is 0 Å². The van der Waals surface area contributed by atoms with Gasteiger partial charge in [0.05, 0.1) is 25.0 Å². The topological polar surface area (TPSA) is 52.6 Å². The normalized spacial score (nSPS) is 35.4. The lowest BCUT2D eigenvalue weighted by Crippen LogP contribution is -2.40. The van der Waals surface area contributed by atoms with Crippen LogP contribution in [0.2, 0.25) is 0 Å². The molecule has 3 aliphatic carbocycles. The fraction of sp³-hybridized carbons (Fsp3) is 0.931. The Labute approximate surface area is 202 Å². The molecular weight excluding hydrogens is 412 g/mol. The monoisotopic (exact) mass is 462 g/mol. The van der Waals surface area contributed by atoms with Crippen LogP contribution in [-0.2, 0) is 19.1 Å². The average molecular weight is 463 g/mol. The first-order valence-corrected chi connectivity index (χ1v) is 14.1. The number of rotatable bonds is 8. The number of hydrogen-bond donors (Lipinski definition) is 0. The van der Waals surface area contributed by atoms with Gasteiger partial charge in [-0.15, -0.1) is 0 Å². The van der Waals surface area contributed by atoms with Gasteiger partial charge in [0.1, 0.15) is 0 Å². The zero-order valence-electron chi connectivity index (χ0n) is 22.0. The van der Waals surface area contributed by atoms with Gasteiger partial charge in [0, 0.05) is 0 Å². The standard InChI is InChI=1S/C29H50O4/c1-19(2)24-13-9-22(10-14-24)17-32-28(30)26-8-6-7-21(5)27(26)29(31)33-18-23-11-15-25(16-12-23)20(3)4/h19-27H,6-18H2,1-5H3. The van der Waals surface area contributed by atoms with Crippen LogP contribution in [0, 0.1) is 53.3 Å². The molecule has 0 N–H and O–H groups in total. The third kappa shape index (κ3) is 7.46. The molecule has 4 heteroatoms. The van der Waals surface area contributed by atoms with Crippen molar-refractivity contribution in [1.82, 2.24) is 0 Å². The summed E-state index contributed by atoms with van der Waals surface area (Å²) in [5, 5.41) is 0. The van der Waals surface area contributed by atoms with Crippen molar-refractivity contribution in [3.05, 3.63) is 0 Å². The van der Waals surface area contributed by atoms with E-state index in [4.69, 9.17) is 9.47 Å². The second-order valence-corrected chi connectivity index (χ2v) is 12.4. The van der Waals surface area contributed by atoms with Gasteiger partial charge in [-0.2, -0.15) is 0 Å². The largest absolute Gasteiger partial charge is 0.465 e. The molecule has 0 radical (unpaired) electrons. The molecule has 3 saturated carbocycles. The summed E-state index contributed by atoms with van der Waals surface area (Å²) in [6.07, 6.45) is 12.3. The van der Waals surface area contributed by atoms with Crippen LogP contribution in [0.1, 0.15) is 105 Å². The van der Waals surface area contributed by atoms with E-state index in [2.05, 4.69) is 34.6 Å². The van der Waals surface area contributed by atoms with E-state index in [0.29, 0.717) is 25.0 Å². The first-order valence-electron chi connectivity index (χ1n) is 14.1. The number of esters is 2. The molecule has 190 valence electrons. The lowest BCUT2D eigenvalue weighted by atomic mass is 9.72. The Balaban J connectivity index is 1.46. The van der Waals surface area contributed by atoms with Crippen LogP contribution in [0.25, 0.3) is 0 Å². The van der Waals surface area contributed by atoms with Crippen molar-refractivity contribution in [2.75, 3.05) is 13.2 Å². The summed E-state index contributed by atoms with van der Waals surface area (Å²) in [6.45, 7) is 12.4. The van der Waals surface area contributed by atoms with Crippen molar-refractivity contribution in [2.45, 2.75) is 105 Å². The minimum absolute atomic E-state index is 0.160. The maximum absolute atomic E-state index is 13.1. The van der Waals surface area contributed by atoms with Crippen molar-refractivity contribution in [3.63, 3.8) is 0 Å². The van der Waals surface area contributed by atoms with Crippen molar-refractivity contribution in [2.24, 2.45) is 53.3 Å². The summed E-state index contributed by atoms with van der Waals surface area (Å²) >= 11 is 0. The SMILES string of the molecule is CC(C)C1CCC(COC(=O)C2CCCC(C)C2C(=O)OCC2CCC(C(C)C)CC2)CC1. The van der Waals surface area contributed by atoms with Crippen molar-refractivity contribution in [3.8, 4) is 0 Å². The molecule has 0 aliphatic heterocycles. The molecule has 3 atom stereocenters. The maximum atomic E-state index is 13.1.